The van der Waals surface area contributed by atoms with Crippen molar-refractivity contribution in [2.45, 2.75) is 18.9 Å². The number of benzene rings is 1. The third-order valence-electron chi connectivity index (χ3n) is 3.75. The molecule has 7 heteroatoms. The molecule has 1 aliphatic heterocycles. The summed E-state index contributed by atoms with van der Waals surface area (Å²) in [6.07, 6.45) is 1.83. The summed E-state index contributed by atoms with van der Waals surface area (Å²) >= 11 is 3.40. The quantitative estimate of drug-likeness (QED) is 0.741. The molecule has 5 nitrogen and oxygen atoms in total. The molecule has 0 atom stereocenters. The lowest BCUT2D eigenvalue weighted by molar-refractivity contribution is 0.0931. The first-order valence-electron chi connectivity index (χ1n) is 6.98. The van der Waals surface area contributed by atoms with Crippen molar-refractivity contribution in [1.29, 1.82) is 0 Å². The Balaban J connectivity index is 0.00000176. The van der Waals surface area contributed by atoms with Crippen molar-refractivity contribution in [3.63, 3.8) is 0 Å². The van der Waals surface area contributed by atoms with Gasteiger partial charge in [0.25, 0.3) is 5.91 Å². The standard InChI is InChI=1S/C15H16BrN3O2.ClH/c16-12-3-1-2-10-11(8-13(20)19-14(10)12)15(21)18-9-4-6-17-7-5-9;/h1-3,8-9,17H,4-7H2,(H,18,21)(H,19,20);1H. The minimum atomic E-state index is -0.273. The van der Waals surface area contributed by atoms with Gasteiger partial charge in [-0.15, -0.1) is 12.4 Å². The van der Waals surface area contributed by atoms with Crippen molar-refractivity contribution in [1.82, 2.24) is 15.6 Å². The highest BCUT2D eigenvalue weighted by Gasteiger charge is 2.18. The number of nitrogens with one attached hydrogen (secondary N) is 3. The van der Waals surface area contributed by atoms with E-state index in [-0.39, 0.29) is 29.9 Å². The van der Waals surface area contributed by atoms with Crippen molar-refractivity contribution < 1.29 is 4.79 Å². The number of carbonyl (C=O) groups excluding carboxylic acids is 1. The summed E-state index contributed by atoms with van der Waals surface area (Å²) in [4.78, 5) is 27.0. The topological polar surface area (TPSA) is 74.0 Å². The second-order valence-electron chi connectivity index (χ2n) is 5.21. The van der Waals surface area contributed by atoms with Gasteiger partial charge in [-0.1, -0.05) is 12.1 Å². The van der Waals surface area contributed by atoms with Crippen LogP contribution in [0.3, 0.4) is 0 Å². The normalized spacial score (nSPS) is 15.3. The number of halogens is 2. The molecule has 118 valence electrons. The third-order valence-corrected chi connectivity index (χ3v) is 4.41. The first-order valence-corrected chi connectivity index (χ1v) is 7.77. The van der Waals surface area contributed by atoms with E-state index in [0.29, 0.717) is 11.1 Å². The molecule has 3 N–H and O–H groups in total. The van der Waals surface area contributed by atoms with Crippen LogP contribution in [0.2, 0.25) is 0 Å². The van der Waals surface area contributed by atoms with Crippen LogP contribution < -0.4 is 16.2 Å². The van der Waals surface area contributed by atoms with Crippen molar-refractivity contribution in [2.75, 3.05) is 13.1 Å². The third kappa shape index (κ3) is 3.51. The number of hydrogen-bond donors (Lipinski definition) is 3. The molecular weight excluding hydrogens is 370 g/mol. The summed E-state index contributed by atoms with van der Waals surface area (Å²) in [6, 6.07) is 7.07. The molecule has 3 rings (SSSR count). The molecule has 1 aromatic carbocycles. The van der Waals surface area contributed by atoms with Crippen LogP contribution in [0, 0.1) is 0 Å². The molecule has 1 saturated heterocycles. The first kappa shape index (κ1) is 17.0. The Hall–Kier alpha value is -1.37. The molecule has 0 bridgehead atoms. The summed E-state index contributed by atoms with van der Waals surface area (Å²) in [5.41, 5.74) is 0.805. The Kier molecular flexibility index (Phi) is 5.61. The number of hydrogen-bond acceptors (Lipinski definition) is 3. The molecule has 1 aliphatic rings. The van der Waals surface area contributed by atoms with E-state index in [4.69, 9.17) is 0 Å². The molecular formula is C15H17BrClN3O2. The fraction of sp³-hybridized carbons (Fsp3) is 0.333. The Morgan fingerprint density at radius 2 is 2.00 bits per heavy atom. The van der Waals surface area contributed by atoms with Gasteiger partial charge in [0.1, 0.15) is 0 Å². The lowest BCUT2D eigenvalue weighted by Crippen LogP contribution is -2.42. The van der Waals surface area contributed by atoms with Crippen LogP contribution in [0.1, 0.15) is 23.2 Å². The fourth-order valence-corrected chi connectivity index (χ4v) is 3.13. The Bertz CT molecular complexity index is 741. The van der Waals surface area contributed by atoms with Gasteiger partial charge in [-0.3, -0.25) is 9.59 Å². The van der Waals surface area contributed by atoms with Gasteiger partial charge in [-0.05, 0) is 47.9 Å². The zero-order valence-corrected chi connectivity index (χ0v) is 14.2. The molecule has 0 saturated carbocycles. The number of amides is 1. The maximum absolute atomic E-state index is 12.5. The lowest BCUT2D eigenvalue weighted by atomic mass is 10.0. The van der Waals surface area contributed by atoms with Gasteiger partial charge in [-0.2, -0.15) is 0 Å². The highest BCUT2D eigenvalue weighted by atomic mass is 79.9. The van der Waals surface area contributed by atoms with Crippen molar-refractivity contribution in [3.8, 4) is 0 Å². The number of H-pyrrole nitrogens is 1. The summed E-state index contributed by atoms with van der Waals surface area (Å²) in [6.45, 7) is 1.82. The number of piperidine rings is 1. The highest BCUT2D eigenvalue weighted by molar-refractivity contribution is 9.10. The van der Waals surface area contributed by atoms with Crippen LogP contribution in [0.25, 0.3) is 10.9 Å². The number of carbonyl (C=O) groups is 1. The van der Waals surface area contributed by atoms with Crippen LogP contribution in [0.4, 0.5) is 0 Å². The number of aromatic nitrogens is 1. The number of pyridine rings is 1. The second-order valence-corrected chi connectivity index (χ2v) is 6.06. The van der Waals surface area contributed by atoms with Crippen molar-refractivity contribution in [3.05, 3.63) is 44.7 Å². The minimum absolute atomic E-state index is 0. The van der Waals surface area contributed by atoms with Gasteiger partial charge in [-0.25, -0.2) is 0 Å². The fourth-order valence-electron chi connectivity index (χ4n) is 2.66. The van der Waals surface area contributed by atoms with E-state index in [1.165, 1.54) is 6.07 Å². The zero-order chi connectivity index (χ0) is 14.8. The van der Waals surface area contributed by atoms with Crippen LogP contribution in [-0.2, 0) is 0 Å². The molecule has 2 heterocycles. The van der Waals surface area contributed by atoms with Gasteiger partial charge in [0.2, 0.25) is 5.56 Å². The van der Waals surface area contributed by atoms with Gasteiger partial charge in [0.05, 0.1) is 11.1 Å². The van der Waals surface area contributed by atoms with E-state index in [9.17, 15) is 9.59 Å². The highest BCUT2D eigenvalue weighted by Crippen LogP contribution is 2.23. The molecule has 0 radical (unpaired) electrons. The van der Waals surface area contributed by atoms with Gasteiger partial charge < -0.3 is 15.6 Å². The van der Waals surface area contributed by atoms with Crippen molar-refractivity contribution in [2.24, 2.45) is 0 Å². The molecule has 1 aromatic heterocycles. The molecule has 2 aromatic rings. The summed E-state index contributed by atoms with van der Waals surface area (Å²) in [7, 11) is 0. The largest absolute Gasteiger partial charge is 0.349 e. The van der Waals surface area contributed by atoms with E-state index in [1.54, 1.807) is 0 Å². The Morgan fingerprint density at radius 3 is 2.73 bits per heavy atom. The average molecular weight is 387 g/mol. The van der Waals surface area contributed by atoms with Gasteiger partial charge in [0, 0.05) is 22.0 Å². The van der Waals surface area contributed by atoms with Gasteiger partial charge in [0.15, 0.2) is 0 Å². The van der Waals surface area contributed by atoms with E-state index >= 15 is 0 Å². The number of para-hydroxylation sites is 1. The average Bonchev–Trinajstić information content (AvgIpc) is 2.48. The maximum Gasteiger partial charge on any atom is 0.252 e. The molecule has 0 aliphatic carbocycles. The minimum Gasteiger partial charge on any atom is -0.349 e. The van der Waals surface area contributed by atoms with Crippen LogP contribution in [0.15, 0.2) is 33.5 Å². The predicted molar refractivity (Wildman–Crippen MR) is 92.9 cm³/mol. The van der Waals surface area contributed by atoms with E-state index in [0.717, 1.165) is 35.8 Å². The molecule has 0 spiro atoms. The maximum atomic E-state index is 12.5. The monoisotopic (exact) mass is 385 g/mol. The summed E-state index contributed by atoms with van der Waals surface area (Å²) < 4.78 is 0.772. The van der Waals surface area contributed by atoms with Gasteiger partial charge >= 0.3 is 0 Å². The molecule has 1 amide bonds. The van der Waals surface area contributed by atoms with Crippen LogP contribution in [-0.4, -0.2) is 30.0 Å². The summed E-state index contributed by atoms with van der Waals surface area (Å²) in [5.74, 6) is -0.184. The lowest BCUT2D eigenvalue weighted by Gasteiger charge is -2.23. The summed E-state index contributed by atoms with van der Waals surface area (Å²) in [5, 5.41) is 7.03. The van der Waals surface area contributed by atoms with E-state index < -0.39 is 0 Å². The van der Waals surface area contributed by atoms with E-state index in [1.807, 2.05) is 18.2 Å². The zero-order valence-electron chi connectivity index (χ0n) is 11.8. The molecule has 22 heavy (non-hydrogen) atoms. The molecule has 0 unspecified atom stereocenters. The second kappa shape index (κ2) is 7.26. The van der Waals surface area contributed by atoms with Crippen molar-refractivity contribution >= 4 is 45.1 Å². The number of rotatable bonds is 2. The Labute approximate surface area is 142 Å². The Morgan fingerprint density at radius 1 is 1.27 bits per heavy atom. The first-order chi connectivity index (χ1) is 10.1. The molecule has 1 fully saturated rings. The SMILES string of the molecule is Cl.O=C(NC1CCNCC1)c1cc(=O)[nH]c2c(Br)cccc12. The van der Waals surface area contributed by atoms with E-state index in [2.05, 4.69) is 31.5 Å². The predicted octanol–water partition coefficient (Wildman–Crippen LogP) is 2.19. The number of aromatic amines is 1. The smallest absolute Gasteiger partial charge is 0.252 e. The van der Waals surface area contributed by atoms with Crippen LogP contribution in [0.5, 0.6) is 0 Å². The number of fused-ring (bicyclic) bond motifs is 1. The van der Waals surface area contributed by atoms with Crippen LogP contribution >= 0.6 is 28.3 Å².